The molecule has 0 aliphatic carbocycles. The third-order valence-electron chi connectivity index (χ3n) is 5.48. The van der Waals surface area contributed by atoms with Crippen molar-refractivity contribution in [1.82, 2.24) is 15.0 Å². The molecule has 0 unspecified atom stereocenters. The molecule has 2 heterocycles. The number of methoxy groups -OCH3 is 1. The molecule has 0 saturated carbocycles. The van der Waals surface area contributed by atoms with Gasteiger partial charge in [-0.1, -0.05) is 12.1 Å². The maximum absolute atomic E-state index is 12.8. The van der Waals surface area contributed by atoms with E-state index in [1.54, 1.807) is 45.2 Å². The summed E-state index contributed by atoms with van der Waals surface area (Å²) in [5, 5.41) is 5.43. The van der Waals surface area contributed by atoms with Crippen molar-refractivity contribution in [2.75, 3.05) is 48.9 Å². The van der Waals surface area contributed by atoms with Crippen molar-refractivity contribution in [3.8, 4) is 5.75 Å². The maximum Gasteiger partial charge on any atom is 0.233 e. The predicted octanol–water partition coefficient (Wildman–Crippen LogP) is 4.04. The first-order chi connectivity index (χ1) is 16.8. The van der Waals surface area contributed by atoms with E-state index in [1.807, 2.05) is 18.2 Å². The molecule has 2 N–H and O–H groups in total. The standard InChI is InChI=1S/C23H27ClN6O4S/c1-15(2)35(31,32)20-7-5-4-6-18(20)26-23-28-21(24)27-22(29-23)25-17-9-8-16(14-19(17)33-3)30-10-12-34-13-11-30/h4-9,14-15H,10-13H2,1-3H3,(H2,25,26,27,28,29). The summed E-state index contributed by atoms with van der Waals surface area (Å²) in [6.07, 6.45) is 0. The van der Waals surface area contributed by atoms with E-state index in [1.165, 1.54) is 0 Å². The number of hydrogen-bond acceptors (Lipinski definition) is 10. The van der Waals surface area contributed by atoms with Crippen molar-refractivity contribution >= 4 is 50.4 Å². The van der Waals surface area contributed by atoms with Gasteiger partial charge in [0.15, 0.2) is 9.84 Å². The van der Waals surface area contributed by atoms with Gasteiger partial charge in [-0.25, -0.2) is 8.42 Å². The van der Waals surface area contributed by atoms with Crippen molar-refractivity contribution in [3.05, 3.63) is 47.7 Å². The molecule has 10 nitrogen and oxygen atoms in total. The number of anilines is 5. The molecule has 0 bridgehead atoms. The number of nitrogens with one attached hydrogen (secondary N) is 2. The third-order valence-corrected chi connectivity index (χ3v) is 7.86. The minimum absolute atomic E-state index is 0.0573. The van der Waals surface area contributed by atoms with Gasteiger partial charge in [0.05, 0.1) is 41.8 Å². The van der Waals surface area contributed by atoms with Gasteiger partial charge in [0.1, 0.15) is 5.75 Å². The normalized spacial score (nSPS) is 14.1. The highest BCUT2D eigenvalue weighted by Gasteiger charge is 2.23. The Kier molecular flexibility index (Phi) is 7.58. The zero-order valence-corrected chi connectivity index (χ0v) is 21.2. The van der Waals surface area contributed by atoms with Crippen LogP contribution >= 0.6 is 11.6 Å². The first-order valence-corrected chi connectivity index (χ1v) is 13.0. The minimum atomic E-state index is -3.53. The number of benzene rings is 2. The van der Waals surface area contributed by atoms with Gasteiger partial charge in [-0.15, -0.1) is 0 Å². The SMILES string of the molecule is COc1cc(N2CCOCC2)ccc1Nc1nc(Cl)nc(Nc2ccccc2S(=O)(=O)C(C)C)n1. The van der Waals surface area contributed by atoms with Crippen LogP contribution in [0.5, 0.6) is 5.75 Å². The topological polar surface area (TPSA) is 119 Å². The van der Waals surface area contributed by atoms with Crippen LogP contribution in [0.25, 0.3) is 0 Å². The van der Waals surface area contributed by atoms with Gasteiger partial charge in [0, 0.05) is 24.8 Å². The first kappa shape index (κ1) is 25.0. The Bertz CT molecular complexity index is 1300. The second-order valence-electron chi connectivity index (χ2n) is 8.08. The molecule has 0 atom stereocenters. The lowest BCUT2D eigenvalue weighted by Crippen LogP contribution is -2.36. The molecule has 35 heavy (non-hydrogen) atoms. The van der Waals surface area contributed by atoms with Crippen LogP contribution in [0.1, 0.15) is 13.8 Å². The molecule has 1 aromatic heterocycles. The Morgan fingerprint density at radius 1 is 1.00 bits per heavy atom. The summed E-state index contributed by atoms with van der Waals surface area (Å²) in [6, 6.07) is 12.4. The molecule has 1 saturated heterocycles. The molecule has 1 fully saturated rings. The summed E-state index contributed by atoms with van der Waals surface area (Å²) < 4.78 is 36.5. The second-order valence-corrected chi connectivity index (χ2v) is 10.9. The van der Waals surface area contributed by atoms with Crippen molar-refractivity contribution in [2.24, 2.45) is 0 Å². The third kappa shape index (κ3) is 5.75. The minimum Gasteiger partial charge on any atom is -0.494 e. The van der Waals surface area contributed by atoms with Gasteiger partial charge in [0.2, 0.25) is 17.2 Å². The molecule has 1 aliphatic heterocycles. The number of aromatic nitrogens is 3. The molecule has 0 radical (unpaired) electrons. The van der Waals surface area contributed by atoms with Gasteiger partial charge < -0.3 is 25.0 Å². The van der Waals surface area contributed by atoms with Crippen LogP contribution in [-0.4, -0.2) is 62.0 Å². The number of hydrogen-bond donors (Lipinski definition) is 2. The zero-order valence-electron chi connectivity index (χ0n) is 19.7. The van der Waals surface area contributed by atoms with E-state index in [4.69, 9.17) is 21.1 Å². The number of morpholine rings is 1. The lowest BCUT2D eigenvalue weighted by Gasteiger charge is -2.29. The van der Waals surface area contributed by atoms with E-state index in [9.17, 15) is 8.42 Å². The highest BCUT2D eigenvalue weighted by molar-refractivity contribution is 7.92. The van der Waals surface area contributed by atoms with E-state index in [0.29, 0.717) is 30.3 Å². The summed E-state index contributed by atoms with van der Waals surface area (Å²) in [5.74, 6) is 0.880. The highest BCUT2D eigenvalue weighted by atomic mass is 35.5. The van der Waals surface area contributed by atoms with Crippen molar-refractivity contribution in [2.45, 2.75) is 24.0 Å². The number of sulfone groups is 1. The number of para-hydroxylation sites is 1. The summed E-state index contributed by atoms with van der Waals surface area (Å²) in [6.45, 7) is 6.24. The second kappa shape index (κ2) is 10.6. The molecule has 4 rings (SSSR count). The van der Waals surface area contributed by atoms with E-state index in [2.05, 4.69) is 30.5 Å². The summed E-state index contributed by atoms with van der Waals surface area (Å²) in [4.78, 5) is 15.0. The Balaban J connectivity index is 1.60. The summed E-state index contributed by atoms with van der Waals surface area (Å²) in [7, 11) is -1.94. The van der Waals surface area contributed by atoms with Gasteiger partial charge >= 0.3 is 0 Å². The lowest BCUT2D eigenvalue weighted by atomic mass is 10.2. The number of rotatable bonds is 8. The fraction of sp³-hybridized carbons (Fsp3) is 0.348. The van der Waals surface area contributed by atoms with Crippen LogP contribution in [0.15, 0.2) is 47.4 Å². The van der Waals surface area contributed by atoms with Crippen LogP contribution in [0.2, 0.25) is 5.28 Å². The number of ether oxygens (including phenoxy) is 2. The monoisotopic (exact) mass is 518 g/mol. The van der Waals surface area contributed by atoms with Crippen molar-refractivity contribution in [1.29, 1.82) is 0 Å². The van der Waals surface area contributed by atoms with Crippen LogP contribution < -0.4 is 20.3 Å². The fourth-order valence-corrected chi connectivity index (χ4v) is 4.94. The fourth-order valence-electron chi connectivity index (χ4n) is 3.58. The average molecular weight is 519 g/mol. The van der Waals surface area contributed by atoms with E-state index in [0.717, 1.165) is 18.8 Å². The molecular formula is C23H27ClN6O4S. The average Bonchev–Trinajstić information content (AvgIpc) is 2.84. The molecule has 3 aromatic rings. The highest BCUT2D eigenvalue weighted by Crippen LogP contribution is 2.32. The Hall–Kier alpha value is -3.15. The van der Waals surface area contributed by atoms with Crippen molar-refractivity contribution in [3.63, 3.8) is 0 Å². The van der Waals surface area contributed by atoms with E-state index < -0.39 is 15.1 Å². The maximum atomic E-state index is 12.8. The van der Waals surface area contributed by atoms with Gasteiger partial charge in [-0.2, -0.15) is 15.0 Å². The Labute approximate surface area is 209 Å². The molecular weight excluding hydrogens is 492 g/mol. The van der Waals surface area contributed by atoms with Gasteiger partial charge in [0.25, 0.3) is 0 Å². The number of halogens is 1. The Morgan fingerprint density at radius 3 is 2.31 bits per heavy atom. The van der Waals surface area contributed by atoms with Crippen molar-refractivity contribution < 1.29 is 17.9 Å². The summed E-state index contributed by atoms with van der Waals surface area (Å²) >= 11 is 6.15. The predicted molar refractivity (Wildman–Crippen MR) is 136 cm³/mol. The van der Waals surface area contributed by atoms with E-state index >= 15 is 0 Å². The summed E-state index contributed by atoms with van der Waals surface area (Å²) in [5.41, 5.74) is 2.01. The quantitative estimate of drug-likeness (QED) is 0.452. The van der Waals surface area contributed by atoms with Gasteiger partial charge in [-0.05, 0) is 49.7 Å². The smallest absolute Gasteiger partial charge is 0.233 e. The first-order valence-electron chi connectivity index (χ1n) is 11.1. The largest absolute Gasteiger partial charge is 0.494 e. The van der Waals surface area contributed by atoms with Crippen LogP contribution in [-0.2, 0) is 14.6 Å². The zero-order chi connectivity index (χ0) is 25.0. The van der Waals surface area contributed by atoms with Gasteiger partial charge in [-0.3, -0.25) is 0 Å². The molecule has 2 aromatic carbocycles. The van der Waals surface area contributed by atoms with Crippen LogP contribution in [0, 0.1) is 0 Å². The Morgan fingerprint density at radius 2 is 1.66 bits per heavy atom. The molecule has 0 amide bonds. The number of nitrogens with zero attached hydrogens (tertiary/aromatic N) is 4. The molecule has 0 spiro atoms. The van der Waals surface area contributed by atoms with Crippen LogP contribution in [0.3, 0.4) is 0 Å². The molecule has 1 aliphatic rings. The van der Waals surface area contributed by atoms with E-state index in [-0.39, 0.29) is 22.1 Å². The molecule has 12 heteroatoms. The lowest BCUT2D eigenvalue weighted by molar-refractivity contribution is 0.122. The molecule has 186 valence electrons. The van der Waals surface area contributed by atoms with Crippen LogP contribution in [0.4, 0.5) is 29.0 Å².